The Labute approximate surface area is 601 Å². The maximum Gasteiger partial charge on any atom is 0.315 e. The predicted molar refractivity (Wildman–Crippen MR) is 422 cm³/mol. The van der Waals surface area contributed by atoms with Crippen LogP contribution in [0.4, 0.5) is 0 Å². The first kappa shape index (κ1) is 91.2. The molecule has 0 bridgehead atoms. The minimum atomic E-state index is -0.280. The van der Waals surface area contributed by atoms with Crippen molar-refractivity contribution in [1.29, 1.82) is 0 Å². The van der Waals surface area contributed by atoms with Gasteiger partial charge in [-0.15, -0.1) is 0 Å². The predicted octanol–water partition coefficient (Wildman–Crippen LogP) is 16.1. The Morgan fingerprint density at radius 1 is 0.430 bits per heavy atom. The third-order valence-electron chi connectivity index (χ3n) is 11.8. The van der Waals surface area contributed by atoms with E-state index in [1.54, 1.807) is 51.8 Å². The molecule has 0 saturated heterocycles. The second-order valence-electron chi connectivity index (χ2n) is 30.4. The van der Waals surface area contributed by atoms with Gasteiger partial charge in [-0.05, 0) is 222 Å². The van der Waals surface area contributed by atoms with Gasteiger partial charge in [0.25, 0.3) is 0 Å². The summed E-state index contributed by atoms with van der Waals surface area (Å²) in [4.78, 5) is 52.9. The first-order valence-electron chi connectivity index (χ1n) is 34.5. The van der Waals surface area contributed by atoms with Crippen LogP contribution in [-0.2, 0) is 29.0 Å². The minimum Gasteiger partial charge on any atom is -0.507 e. The molecule has 5 rings (SSSR count). The number of phenolic OH excluding ortho intramolecular Hbond substituents is 1. The minimum absolute atomic E-state index is 0.0635. The number of hydrogen-bond acceptors (Lipinski definition) is 19. The van der Waals surface area contributed by atoms with Crippen molar-refractivity contribution in [2.75, 3.05) is 21.1 Å². The van der Waals surface area contributed by atoms with Crippen molar-refractivity contribution in [2.24, 2.45) is 55.9 Å². The fraction of sp³-hybridized carbons (Fsp3) is 0.592. The molecule has 0 heterocycles. The van der Waals surface area contributed by atoms with Gasteiger partial charge in [0, 0.05) is 54.9 Å². The van der Waals surface area contributed by atoms with E-state index in [2.05, 4.69) is 110 Å². The van der Waals surface area contributed by atoms with Crippen LogP contribution in [-0.4, -0.2) is 137 Å². The Hall–Kier alpha value is -8.83. The van der Waals surface area contributed by atoms with Gasteiger partial charge in [-0.1, -0.05) is 142 Å². The highest BCUT2D eigenvalue weighted by molar-refractivity contribution is 5.85. The first-order valence-corrected chi connectivity index (χ1v) is 34.5. The van der Waals surface area contributed by atoms with Crippen molar-refractivity contribution in [1.82, 2.24) is 31.9 Å². The second-order valence-corrected chi connectivity index (χ2v) is 30.4. The molecule has 2 fully saturated rings. The van der Waals surface area contributed by atoms with E-state index in [4.69, 9.17) is 34.0 Å². The number of aliphatic imine (C=N–C) groups is 5. The number of rotatable bonds is 13. The zero-order valence-corrected chi connectivity index (χ0v) is 66.1. The van der Waals surface area contributed by atoms with E-state index in [0.29, 0.717) is 53.6 Å². The lowest BCUT2D eigenvalue weighted by Crippen LogP contribution is -2.42. The molecule has 24 heteroatoms. The Bertz CT molecular complexity index is 3040. The number of aromatic hydroxyl groups is 1. The largest absolute Gasteiger partial charge is 0.507 e. The highest BCUT2D eigenvalue weighted by Crippen LogP contribution is 2.22. The Morgan fingerprint density at radius 2 is 0.770 bits per heavy atom. The third kappa shape index (κ3) is 56.1. The molecule has 0 amide bonds. The number of oxime groups is 6. The number of nitrogens with one attached hydrogen (secondary N) is 6. The molecule has 7 N–H and O–H groups in total. The molecule has 2 saturated carbocycles. The fourth-order valence-corrected chi connectivity index (χ4v) is 7.70. The van der Waals surface area contributed by atoms with Crippen LogP contribution in [0.5, 0.6) is 5.75 Å². The zero-order chi connectivity index (χ0) is 76.0. The van der Waals surface area contributed by atoms with Crippen LogP contribution in [0.1, 0.15) is 247 Å². The third-order valence-corrected chi connectivity index (χ3v) is 11.8. The zero-order valence-electron chi connectivity index (χ0n) is 66.1. The molecule has 2 aliphatic carbocycles. The molecule has 0 radical (unpaired) electrons. The quantitative estimate of drug-likeness (QED) is 0.0363. The summed E-state index contributed by atoms with van der Waals surface area (Å²) in [5, 5.41) is 51.7. The molecule has 100 heavy (non-hydrogen) atoms. The normalized spacial score (nSPS) is 14.5. The lowest BCUT2D eigenvalue weighted by molar-refractivity contribution is 0.210. The van der Waals surface area contributed by atoms with Gasteiger partial charge < -0.3 is 66.0 Å². The van der Waals surface area contributed by atoms with Crippen LogP contribution in [0.2, 0.25) is 0 Å². The van der Waals surface area contributed by atoms with Crippen molar-refractivity contribution >= 4 is 65.9 Å². The lowest BCUT2D eigenvalue weighted by atomic mass is 9.95. The van der Waals surface area contributed by atoms with Crippen molar-refractivity contribution < 1.29 is 34.1 Å². The van der Waals surface area contributed by atoms with Gasteiger partial charge in [-0.3, -0.25) is 0 Å². The molecule has 0 spiro atoms. The van der Waals surface area contributed by atoms with Crippen LogP contribution in [0, 0.1) is 0 Å². The van der Waals surface area contributed by atoms with E-state index in [-0.39, 0.29) is 39.0 Å². The molecule has 0 atom stereocenters. The summed E-state index contributed by atoms with van der Waals surface area (Å²) in [6.07, 6.45) is 17.4. The van der Waals surface area contributed by atoms with Crippen molar-refractivity contribution in [3.8, 4) is 5.75 Å². The summed E-state index contributed by atoms with van der Waals surface area (Å²) in [6.45, 7) is 51.0. The summed E-state index contributed by atoms with van der Waals surface area (Å²) in [5.41, 5.74) is 4.24. The number of amidine groups is 5. The van der Waals surface area contributed by atoms with E-state index in [1.165, 1.54) is 70.4 Å². The standard InChI is InChI=1S/C20H29N3O.C16H25N3O2.C16H25N3O.2C9H19N3O.C6H12N2O/c1-4-10-17(11-5-1)16-21-24-20(22-18-12-6-2-7-13-18)23-19-14-8-3-9-15-19;1-15(2,3)18-14(19-16(4,5)6)21-17-11-12-9-7-8-10-13(12)20;1-15(2,3)18-14(19-16(4,5)6)20-17-12-13-10-8-7-9-11-13;2*1-7(2)12-13-8(10-6)11-9(3,4)5;1-5(2)8-9-6(3)7-4/h1,4-5,10-11,16,18-19H,2-3,6-9,12-15H2,(H,22,23);7-11,20H,1-6H3,(H,18,19);7-12H,1-6H3,(H,18,19);2*1-6H3,(H,10,11);7H,3H2,1-2,4H3/b21-16+;17-11+;17-12+;;;. The molecule has 2 aliphatic rings. The molecular formula is C76H129N17O7. The first-order chi connectivity index (χ1) is 46.5. The van der Waals surface area contributed by atoms with Crippen molar-refractivity contribution in [3.05, 3.63) is 114 Å². The Morgan fingerprint density at radius 3 is 1.12 bits per heavy atom. The summed E-state index contributed by atoms with van der Waals surface area (Å²) in [5.74, 6) is 0.610. The van der Waals surface area contributed by atoms with Gasteiger partial charge in [-0.25, -0.2) is 25.0 Å². The topological polar surface area (TPSA) is 284 Å². The van der Waals surface area contributed by atoms with Crippen LogP contribution in [0.3, 0.4) is 0 Å². The van der Waals surface area contributed by atoms with Crippen LogP contribution >= 0.6 is 0 Å². The van der Waals surface area contributed by atoms with Crippen LogP contribution in [0.25, 0.3) is 0 Å². The summed E-state index contributed by atoms with van der Waals surface area (Å²) in [6, 6.07) is 29.9. The fourth-order valence-electron chi connectivity index (χ4n) is 7.70. The number of phenols is 1. The van der Waals surface area contributed by atoms with Gasteiger partial charge in [0.2, 0.25) is 5.88 Å². The Kier molecular flexibility index (Phi) is 43.8. The highest BCUT2D eigenvalue weighted by Gasteiger charge is 2.22. The van der Waals surface area contributed by atoms with E-state index < -0.39 is 0 Å². The lowest BCUT2D eigenvalue weighted by Gasteiger charge is -2.24. The molecular weight excluding hydrogens is 1260 g/mol. The summed E-state index contributed by atoms with van der Waals surface area (Å²) >= 11 is 0. The highest BCUT2D eigenvalue weighted by atomic mass is 16.7. The maximum atomic E-state index is 9.66. The van der Waals surface area contributed by atoms with Crippen LogP contribution in [0.15, 0.2) is 153 Å². The maximum absolute atomic E-state index is 9.66. The smallest absolute Gasteiger partial charge is 0.315 e. The molecule has 0 aromatic heterocycles. The molecule has 3 aromatic carbocycles. The van der Waals surface area contributed by atoms with E-state index in [1.807, 2.05) is 212 Å². The van der Waals surface area contributed by atoms with Crippen molar-refractivity contribution in [3.63, 3.8) is 0 Å². The molecule has 0 aliphatic heterocycles. The molecule has 3 aromatic rings. The van der Waals surface area contributed by atoms with Gasteiger partial charge in [0.1, 0.15) is 5.75 Å². The number of para-hydroxylation sites is 1. The van der Waals surface area contributed by atoms with Crippen LogP contribution < -0.4 is 31.9 Å². The molecule has 560 valence electrons. The summed E-state index contributed by atoms with van der Waals surface area (Å²) < 4.78 is 0. The van der Waals surface area contributed by atoms with Gasteiger partial charge in [0.05, 0.1) is 52.9 Å². The van der Waals surface area contributed by atoms with Crippen molar-refractivity contribution in [2.45, 2.75) is 276 Å². The monoisotopic (exact) mass is 1390 g/mol. The molecule has 24 nitrogen and oxygen atoms in total. The molecule has 0 unspecified atom stereocenters. The second kappa shape index (κ2) is 48.0. The average Bonchev–Trinajstić information content (AvgIpc) is 0.920. The van der Waals surface area contributed by atoms with Gasteiger partial charge >= 0.3 is 30.1 Å². The van der Waals surface area contributed by atoms with Gasteiger partial charge in [-0.2, -0.15) is 0 Å². The number of hydrogen-bond donors (Lipinski definition) is 7. The summed E-state index contributed by atoms with van der Waals surface area (Å²) in [7, 11) is 5.05. The van der Waals surface area contributed by atoms with E-state index in [9.17, 15) is 5.11 Å². The average molecular weight is 1390 g/mol. The van der Waals surface area contributed by atoms with Gasteiger partial charge in [0.15, 0.2) is 0 Å². The van der Waals surface area contributed by atoms with E-state index >= 15 is 0 Å². The number of benzene rings is 3. The SMILES string of the molecule is C(=N\OC(=NC1CCCCC1)NC1CCCCC1)/c1ccccc1.C=C(NC)ON=C(C)C.CC(C)(C)N=C(NC(C)(C)C)O/N=C/c1ccccc1.CC(C)(C)N=C(NC(C)(C)C)O/N=C/c1ccccc1O.CN=C(NC(C)(C)C)ON=C(C)C.CN=C(NC(C)(C)C)ON=C(C)C. The Balaban J connectivity index is 0.00000121. The van der Waals surface area contributed by atoms with E-state index in [0.717, 1.165) is 28.3 Å². The number of nitrogens with zero attached hydrogens (tertiary/aromatic N) is 11.